The summed E-state index contributed by atoms with van der Waals surface area (Å²) in [5.41, 5.74) is 3.83. The van der Waals surface area contributed by atoms with E-state index in [0.29, 0.717) is 28.6 Å². The number of fused-ring (bicyclic) bond motifs is 1. The first-order chi connectivity index (χ1) is 19.1. The van der Waals surface area contributed by atoms with Crippen LogP contribution in [-0.4, -0.2) is 57.9 Å². The van der Waals surface area contributed by atoms with Crippen molar-refractivity contribution in [3.05, 3.63) is 38.0 Å². The highest BCUT2D eigenvalue weighted by molar-refractivity contribution is 14.1. The zero-order valence-electron chi connectivity index (χ0n) is 24.2. The number of nitrogens with zero attached hydrogens (tertiary/aromatic N) is 1. The number of aliphatic hydroxyl groups excluding tert-OH is 2. The van der Waals surface area contributed by atoms with E-state index in [1.165, 1.54) is 12.0 Å². The number of allylic oxidation sites excluding steroid dienone is 2. The molecule has 1 aromatic rings. The van der Waals surface area contributed by atoms with Gasteiger partial charge in [-0.05, 0) is 90.3 Å². The summed E-state index contributed by atoms with van der Waals surface area (Å²) < 4.78 is 6.01. The molecule has 0 radical (unpaired) electrons. The van der Waals surface area contributed by atoms with E-state index < -0.39 is 23.9 Å². The molecule has 2 amide bonds. The number of ether oxygens (including phenoxy) is 1. The maximum Gasteiger partial charge on any atom is 0.234 e. The molecule has 0 spiro atoms. The molecular formula is C32H44INO6. The number of aromatic hydroxyl groups is 1. The number of methoxy groups -OCH3 is 1. The van der Waals surface area contributed by atoms with E-state index in [1.807, 2.05) is 6.07 Å². The summed E-state index contributed by atoms with van der Waals surface area (Å²) in [6.45, 7) is 5.94. The molecule has 0 aromatic heterocycles. The Morgan fingerprint density at radius 2 is 1.88 bits per heavy atom. The number of phenols is 1. The molecule has 40 heavy (non-hydrogen) atoms. The Morgan fingerprint density at radius 1 is 1.18 bits per heavy atom. The first kappa shape index (κ1) is 31.0. The average Bonchev–Trinajstić information content (AvgIpc) is 3.20. The minimum atomic E-state index is -0.813. The lowest BCUT2D eigenvalue weighted by Crippen LogP contribution is -2.42. The van der Waals surface area contributed by atoms with Crippen molar-refractivity contribution in [2.45, 2.75) is 90.7 Å². The second-order valence-corrected chi connectivity index (χ2v) is 13.0. The number of carbonyl (C=O) groups is 2. The minimum absolute atomic E-state index is 0.0339. The minimum Gasteiger partial charge on any atom is -0.504 e. The third-order valence-electron chi connectivity index (χ3n) is 9.18. The molecule has 3 aliphatic rings. The fraction of sp³-hybridized carbons (Fsp3) is 0.625. The van der Waals surface area contributed by atoms with Gasteiger partial charge in [0, 0.05) is 12.0 Å². The van der Waals surface area contributed by atoms with E-state index >= 15 is 0 Å². The van der Waals surface area contributed by atoms with E-state index in [-0.39, 0.29) is 36.1 Å². The summed E-state index contributed by atoms with van der Waals surface area (Å²) in [5.74, 6) is -1.19. The van der Waals surface area contributed by atoms with Crippen LogP contribution in [-0.2, 0) is 9.59 Å². The molecule has 0 unspecified atom stereocenters. The fourth-order valence-electron chi connectivity index (χ4n) is 7.06. The topological polar surface area (TPSA) is 107 Å². The van der Waals surface area contributed by atoms with E-state index in [1.54, 1.807) is 6.07 Å². The maximum atomic E-state index is 13.7. The van der Waals surface area contributed by atoms with Gasteiger partial charge in [-0.3, -0.25) is 14.5 Å². The predicted molar refractivity (Wildman–Crippen MR) is 164 cm³/mol. The van der Waals surface area contributed by atoms with Gasteiger partial charge in [0.2, 0.25) is 11.8 Å². The highest BCUT2D eigenvalue weighted by Gasteiger charge is 2.56. The lowest BCUT2D eigenvalue weighted by atomic mass is 9.66. The molecule has 1 saturated heterocycles. The van der Waals surface area contributed by atoms with Crippen molar-refractivity contribution in [3.8, 4) is 11.5 Å². The summed E-state index contributed by atoms with van der Waals surface area (Å²) in [7, 11) is 1.53. The second kappa shape index (κ2) is 13.4. The van der Waals surface area contributed by atoms with Gasteiger partial charge in [-0.2, -0.15) is 0 Å². The molecule has 220 valence electrons. The highest BCUT2D eigenvalue weighted by atomic mass is 127. The van der Waals surface area contributed by atoms with Crippen molar-refractivity contribution in [2.24, 2.45) is 23.7 Å². The smallest absolute Gasteiger partial charge is 0.234 e. The number of halogens is 1. The van der Waals surface area contributed by atoms with E-state index in [0.717, 1.165) is 60.8 Å². The molecule has 2 fully saturated rings. The number of hydrogen-bond donors (Lipinski definition) is 3. The molecule has 4 rings (SSSR count). The SMILES string of the molecule is CC/C(=C\c1cc(I)c(O)c(OC)c1)CC[C@@H](O)C1=C(C(C)C)C[C@H]2C(=O)N(C3CCCCC3)C(=O)[C@H]2[C@H]1CO. The normalized spacial score (nSPS) is 25.1. The van der Waals surface area contributed by atoms with Crippen LogP contribution in [0.15, 0.2) is 28.9 Å². The van der Waals surface area contributed by atoms with Crippen LogP contribution in [0.1, 0.15) is 84.1 Å². The number of amides is 2. The van der Waals surface area contributed by atoms with Gasteiger partial charge in [-0.15, -0.1) is 0 Å². The average molecular weight is 666 g/mol. The second-order valence-electron chi connectivity index (χ2n) is 11.9. The Morgan fingerprint density at radius 3 is 2.48 bits per heavy atom. The molecule has 2 aliphatic carbocycles. The number of rotatable bonds is 10. The van der Waals surface area contributed by atoms with Crippen LogP contribution in [0.2, 0.25) is 0 Å². The zero-order chi connectivity index (χ0) is 29.1. The van der Waals surface area contributed by atoms with Gasteiger partial charge in [-0.25, -0.2) is 0 Å². The molecule has 1 aromatic carbocycles. The van der Waals surface area contributed by atoms with Crippen molar-refractivity contribution in [3.63, 3.8) is 0 Å². The monoisotopic (exact) mass is 665 g/mol. The first-order valence-electron chi connectivity index (χ1n) is 14.8. The third-order valence-corrected chi connectivity index (χ3v) is 10.0. The molecular weight excluding hydrogens is 621 g/mol. The molecule has 7 nitrogen and oxygen atoms in total. The Balaban J connectivity index is 1.58. The van der Waals surface area contributed by atoms with Crippen LogP contribution in [0.5, 0.6) is 11.5 Å². The molecule has 4 atom stereocenters. The van der Waals surface area contributed by atoms with Crippen molar-refractivity contribution in [1.29, 1.82) is 0 Å². The number of hydrogen-bond acceptors (Lipinski definition) is 6. The van der Waals surface area contributed by atoms with Crippen molar-refractivity contribution in [2.75, 3.05) is 13.7 Å². The van der Waals surface area contributed by atoms with Gasteiger partial charge >= 0.3 is 0 Å². The fourth-order valence-corrected chi connectivity index (χ4v) is 7.69. The summed E-state index contributed by atoms with van der Waals surface area (Å²) in [4.78, 5) is 28.9. The highest BCUT2D eigenvalue weighted by Crippen LogP contribution is 2.49. The first-order valence-corrected chi connectivity index (χ1v) is 15.8. The van der Waals surface area contributed by atoms with Crippen LogP contribution in [0.25, 0.3) is 6.08 Å². The van der Waals surface area contributed by atoms with Crippen LogP contribution in [0.3, 0.4) is 0 Å². The predicted octanol–water partition coefficient (Wildman–Crippen LogP) is 5.84. The van der Waals surface area contributed by atoms with Gasteiger partial charge in [0.1, 0.15) is 0 Å². The molecule has 1 saturated carbocycles. The summed E-state index contributed by atoms with van der Waals surface area (Å²) in [5, 5.41) is 32.4. The number of aliphatic hydroxyl groups is 2. The van der Waals surface area contributed by atoms with Gasteiger partial charge in [0.25, 0.3) is 0 Å². The summed E-state index contributed by atoms with van der Waals surface area (Å²) in [6, 6.07) is 3.66. The van der Waals surface area contributed by atoms with Crippen molar-refractivity contribution >= 4 is 40.5 Å². The van der Waals surface area contributed by atoms with Crippen molar-refractivity contribution in [1.82, 2.24) is 4.90 Å². The van der Waals surface area contributed by atoms with Crippen LogP contribution >= 0.6 is 22.6 Å². The third kappa shape index (κ3) is 6.14. The maximum absolute atomic E-state index is 13.7. The van der Waals surface area contributed by atoms with Crippen LogP contribution in [0.4, 0.5) is 0 Å². The summed E-state index contributed by atoms with van der Waals surface area (Å²) >= 11 is 2.08. The van der Waals surface area contributed by atoms with Crippen LogP contribution < -0.4 is 4.74 Å². The molecule has 8 heteroatoms. The lowest BCUT2D eigenvalue weighted by Gasteiger charge is -2.38. The van der Waals surface area contributed by atoms with Gasteiger partial charge in [-0.1, -0.05) is 57.3 Å². The van der Waals surface area contributed by atoms with E-state index in [2.05, 4.69) is 49.4 Å². The number of phenolic OH excluding ortho intramolecular Hbond substituents is 1. The van der Waals surface area contributed by atoms with E-state index in [4.69, 9.17) is 4.74 Å². The van der Waals surface area contributed by atoms with Crippen LogP contribution in [0, 0.1) is 27.2 Å². The Kier molecular flexibility index (Phi) is 10.4. The van der Waals surface area contributed by atoms with Crippen molar-refractivity contribution < 1.29 is 29.6 Å². The summed E-state index contributed by atoms with van der Waals surface area (Å²) in [6.07, 6.45) is 8.54. The van der Waals surface area contributed by atoms with Gasteiger partial charge in [0.05, 0.1) is 35.2 Å². The number of likely N-dealkylation sites (tertiary alicyclic amines) is 1. The quantitative estimate of drug-likeness (QED) is 0.165. The lowest BCUT2D eigenvalue weighted by molar-refractivity contribution is -0.143. The van der Waals surface area contributed by atoms with Gasteiger partial charge in [0.15, 0.2) is 11.5 Å². The Hall–Kier alpha value is -1.91. The Bertz CT molecular complexity index is 1170. The number of carbonyl (C=O) groups excluding carboxylic acids is 2. The largest absolute Gasteiger partial charge is 0.504 e. The molecule has 1 heterocycles. The molecule has 0 bridgehead atoms. The zero-order valence-corrected chi connectivity index (χ0v) is 26.3. The number of imide groups is 1. The standard InChI is InChI=1S/C32H44INO6/c1-5-19(13-20-14-25(33)30(37)27(15-20)40-4)11-12-26(36)28-22(18(2)3)16-23-29(24(28)17-35)32(39)34(31(23)38)21-9-7-6-8-10-21/h13-15,18,21,23-24,26,29,35-37H,5-12,16-17H2,1-4H3/b19-13+/t23-,24+,26-,29-/m1/s1. The number of benzene rings is 1. The molecule has 1 aliphatic heterocycles. The molecule has 3 N–H and O–H groups in total. The van der Waals surface area contributed by atoms with E-state index in [9.17, 15) is 24.9 Å². The van der Waals surface area contributed by atoms with Gasteiger partial charge < -0.3 is 20.1 Å². The Labute approximate surface area is 251 Å².